The molecule has 0 aromatic heterocycles. The standard InChI is InChI=1S/C26H29NO7/c1-31-22-9-6-17(13-24(22)33-3)5-8-21(29)20(15-26(27)30)12-19(16-28)11-18-7-10-23(32-2)25(14-18)34-4/h5-11,13-14,16,29H,12,15H2,1-4H3,(H2,27,30)/b8-5+,19-11-,21-20+. The first-order valence-electron chi connectivity index (χ1n) is 10.3. The van der Waals surface area contributed by atoms with Gasteiger partial charge in [-0.25, -0.2) is 0 Å². The van der Waals surface area contributed by atoms with Crippen LogP contribution in [0.25, 0.3) is 12.2 Å². The lowest BCUT2D eigenvalue weighted by molar-refractivity contribution is -0.117. The largest absolute Gasteiger partial charge is 0.508 e. The highest BCUT2D eigenvalue weighted by atomic mass is 16.5. The maximum atomic E-state index is 11.8. The van der Waals surface area contributed by atoms with Crippen molar-refractivity contribution >= 4 is 24.3 Å². The molecule has 2 aromatic rings. The number of ether oxygens (including phenoxy) is 4. The lowest BCUT2D eigenvalue weighted by Gasteiger charge is -2.10. The van der Waals surface area contributed by atoms with Gasteiger partial charge in [-0.2, -0.15) is 0 Å². The van der Waals surface area contributed by atoms with Gasteiger partial charge in [-0.05, 0) is 58.7 Å². The van der Waals surface area contributed by atoms with Crippen LogP contribution in [-0.4, -0.2) is 45.7 Å². The minimum Gasteiger partial charge on any atom is -0.508 e. The van der Waals surface area contributed by atoms with Gasteiger partial charge in [-0.3, -0.25) is 9.59 Å². The first-order chi connectivity index (χ1) is 16.3. The third-order valence-corrected chi connectivity index (χ3v) is 4.92. The van der Waals surface area contributed by atoms with Crippen LogP contribution in [0.2, 0.25) is 0 Å². The summed E-state index contributed by atoms with van der Waals surface area (Å²) in [6.45, 7) is 0. The predicted octanol–water partition coefficient (Wildman–Crippen LogP) is 4.09. The lowest BCUT2D eigenvalue weighted by atomic mass is 9.99. The average molecular weight is 468 g/mol. The third kappa shape index (κ3) is 7.16. The number of nitrogens with two attached hydrogens (primary N) is 1. The second-order valence-corrected chi connectivity index (χ2v) is 7.21. The molecule has 0 aliphatic rings. The number of methoxy groups -OCH3 is 4. The SMILES string of the molecule is COc1ccc(/C=C(\C=O)C/C(CC(N)=O)=C(O)/C=C/c2ccc(OC)c(OC)c2)cc1OC. The number of carbonyl (C=O) groups excluding carboxylic acids is 2. The van der Waals surface area contributed by atoms with E-state index >= 15 is 0 Å². The molecular weight excluding hydrogens is 438 g/mol. The Labute approximate surface area is 198 Å². The molecule has 0 aliphatic heterocycles. The molecule has 0 radical (unpaired) electrons. The Bertz CT molecular complexity index is 1120. The zero-order valence-electron chi connectivity index (χ0n) is 19.7. The number of hydrogen-bond donors (Lipinski definition) is 2. The Morgan fingerprint density at radius 2 is 1.38 bits per heavy atom. The Hall–Kier alpha value is -4.20. The van der Waals surface area contributed by atoms with E-state index in [1.54, 1.807) is 48.6 Å². The van der Waals surface area contributed by atoms with Gasteiger partial charge in [0.1, 0.15) is 12.0 Å². The van der Waals surface area contributed by atoms with Crippen molar-refractivity contribution in [1.82, 2.24) is 0 Å². The van der Waals surface area contributed by atoms with Crippen molar-refractivity contribution in [1.29, 1.82) is 0 Å². The van der Waals surface area contributed by atoms with Gasteiger partial charge in [-0.1, -0.05) is 18.2 Å². The number of allylic oxidation sites excluding steroid dienone is 2. The van der Waals surface area contributed by atoms with Crippen molar-refractivity contribution in [3.05, 3.63) is 70.5 Å². The van der Waals surface area contributed by atoms with Gasteiger partial charge in [0, 0.05) is 6.42 Å². The molecule has 34 heavy (non-hydrogen) atoms. The van der Waals surface area contributed by atoms with Gasteiger partial charge in [0.2, 0.25) is 5.91 Å². The molecule has 0 fully saturated rings. The number of primary amides is 1. The van der Waals surface area contributed by atoms with Crippen molar-refractivity contribution in [3.63, 3.8) is 0 Å². The molecule has 180 valence electrons. The maximum absolute atomic E-state index is 11.8. The summed E-state index contributed by atoms with van der Waals surface area (Å²) in [5.74, 6) is 1.39. The van der Waals surface area contributed by atoms with Crippen LogP contribution >= 0.6 is 0 Å². The highest BCUT2D eigenvalue weighted by Crippen LogP contribution is 2.30. The van der Waals surface area contributed by atoms with Crippen molar-refractivity contribution in [2.24, 2.45) is 5.73 Å². The second kappa shape index (κ2) is 12.7. The smallest absolute Gasteiger partial charge is 0.221 e. The summed E-state index contributed by atoms with van der Waals surface area (Å²) in [6.07, 6.45) is 5.22. The summed E-state index contributed by atoms with van der Waals surface area (Å²) >= 11 is 0. The minimum atomic E-state index is -0.627. The molecule has 0 saturated heterocycles. The molecule has 2 aromatic carbocycles. The van der Waals surface area contributed by atoms with E-state index in [-0.39, 0.29) is 18.6 Å². The van der Waals surface area contributed by atoms with Gasteiger partial charge in [-0.15, -0.1) is 0 Å². The number of amides is 1. The van der Waals surface area contributed by atoms with E-state index in [1.807, 2.05) is 0 Å². The van der Waals surface area contributed by atoms with E-state index < -0.39 is 5.91 Å². The van der Waals surface area contributed by atoms with E-state index in [2.05, 4.69) is 0 Å². The second-order valence-electron chi connectivity index (χ2n) is 7.21. The van der Waals surface area contributed by atoms with Crippen molar-refractivity contribution in [2.45, 2.75) is 12.8 Å². The van der Waals surface area contributed by atoms with Crippen LogP contribution in [0.1, 0.15) is 24.0 Å². The fourth-order valence-corrected chi connectivity index (χ4v) is 3.23. The molecule has 2 rings (SSSR count). The van der Waals surface area contributed by atoms with Gasteiger partial charge >= 0.3 is 0 Å². The number of carbonyl (C=O) groups is 2. The molecule has 0 atom stereocenters. The first-order valence-corrected chi connectivity index (χ1v) is 10.3. The highest BCUT2D eigenvalue weighted by Gasteiger charge is 2.12. The number of aliphatic hydroxyl groups is 1. The van der Waals surface area contributed by atoms with Gasteiger partial charge in [0.15, 0.2) is 23.0 Å². The molecule has 0 bridgehead atoms. The molecule has 0 aliphatic carbocycles. The maximum Gasteiger partial charge on any atom is 0.221 e. The van der Waals surface area contributed by atoms with E-state index in [0.717, 1.165) is 5.56 Å². The van der Waals surface area contributed by atoms with Crippen LogP contribution < -0.4 is 24.7 Å². The molecule has 0 heterocycles. The minimum absolute atomic E-state index is 0.0306. The quantitative estimate of drug-likeness (QED) is 0.209. The third-order valence-electron chi connectivity index (χ3n) is 4.92. The fraction of sp³-hybridized carbons (Fsp3) is 0.231. The summed E-state index contributed by atoms with van der Waals surface area (Å²) in [7, 11) is 6.11. The van der Waals surface area contributed by atoms with Crippen molar-refractivity contribution in [2.75, 3.05) is 28.4 Å². The Balaban J connectivity index is 2.36. The van der Waals surface area contributed by atoms with E-state index in [0.29, 0.717) is 46.0 Å². The zero-order valence-corrected chi connectivity index (χ0v) is 19.7. The van der Waals surface area contributed by atoms with Gasteiger partial charge in [0.25, 0.3) is 0 Å². The van der Waals surface area contributed by atoms with Crippen LogP contribution in [0.3, 0.4) is 0 Å². The van der Waals surface area contributed by atoms with Crippen LogP contribution in [0.5, 0.6) is 23.0 Å². The lowest BCUT2D eigenvalue weighted by Crippen LogP contribution is -2.12. The van der Waals surface area contributed by atoms with Crippen molar-refractivity contribution < 1.29 is 33.6 Å². The van der Waals surface area contributed by atoms with Crippen molar-refractivity contribution in [3.8, 4) is 23.0 Å². The summed E-state index contributed by atoms with van der Waals surface area (Å²) in [5.41, 5.74) is 7.45. The molecular formula is C26H29NO7. The topological polar surface area (TPSA) is 117 Å². The Morgan fingerprint density at radius 1 is 0.853 bits per heavy atom. The van der Waals surface area contributed by atoms with Crippen LogP contribution in [0.15, 0.2) is 59.4 Å². The summed E-state index contributed by atoms with van der Waals surface area (Å²) in [4.78, 5) is 23.4. The molecule has 0 unspecified atom stereocenters. The normalized spacial score (nSPS) is 12.2. The fourth-order valence-electron chi connectivity index (χ4n) is 3.23. The number of rotatable bonds is 12. The monoisotopic (exact) mass is 467 g/mol. The number of hydrogen-bond acceptors (Lipinski definition) is 7. The average Bonchev–Trinajstić information content (AvgIpc) is 2.85. The van der Waals surface area contributed by atoms with Crippen LogP contribution in [0, 0.1) is 0 Å². The zero-order chi connectivity index (χ0) is 25.1. The Kier molecular flexibility index (Phi) is 9.76. The summed E-state index contributed by atoms with van der Waals surface area (Å²) in [6, 6.07) is 10.5. The molecule has 8 nitrogen and oxygen atoms in total. The number of aliphatic hydroxyl groups excluding tert-OH is 1. The first kappa shape index (κ1) is 26.1. The van der Waals surface area contributed by atoms with Gasteiger partial charge in [0.05, 0.1) is 34.9 Å². The number of benzene rings is 2. The van der Waals surface area contributed by atoms with E-state index in [1.165, 1.54) is 34.5 Å². The summed E-state index contributed by atoms with van der Waals surface area (Å²) in [5, 5.41) is 10.7. The summed E-state index contributed by atoms with van der Waals surface area (Å²) < 4.78 is 21.0. The van der Waals surface area contributed by atoms with E-state index in [9.17, 15) is 14.7 Å². The van der Waals surface area contributed by atoms with Crippen LogP contribution in [0.4, 0.5) is 0 Å². The molecule has 0 spiro atoms. The van der Waals surface area contributed by atoms with E-state index in [4.69, 9.17) is 24.7 Å². The molecule has 3 N–H and O–H groups in total. The molecule has 8 heteroatoms. The molecule has 0 saturated carbocycles. The van der Waals surface area contributed by atoms with Gasteiger partial charge < -0.3 is 29.8 Å². The molecule has 1 amide bonds. The highest BCUT2D eigenvalue weighted by molar-refractivity contribution is 5.84. The Morgan fingerprint density at radius 3 is 1.88 bits per heavy atom. The predicted molar refractivity (Wildman–Crippen MR) is 130 cm³/mol. The van der Waals surface area contributed by atoms with Crippen LogP contribution in [-0.2, 0) is 9.59 Å². The number of aldehydes is 1.